The lowest BCUT2D eigenvalue weighted by Gasteiger charge is -2.23. The van der Waals surface area contributed by atoms with Gasteiger partial charge in [-0.05, 0) is 42.0 Å². The van der Waals surface area contributed by atoms with Crippen molar-refractivity contribution in [2.75, 3.05) is 18.6 Å². The van der Waals surface area contributed by atoms with E-state index < -0.39 is 23.2 Å². The molecule has 6 nitrogen and oxygen atoms in total. The second kappa shape index (κ2) is 7.95. The van der Waals surface area contributed by atoms with E-state index in [-0.39, 0.29) is 24.5 Å². The molecule has 0 saturated carbocycles. The summed E-state index contributed by atoms with van der Waals surface area (Å²) in [7, 11) is 1.44. The van der Waals surface area contributed by atoms with Crippen molar-refractivity contribution in [3.05, 3.63) is 57.8 Å². The molecule has 0 aliphatic carbocycles. The number of nitrogens with zero attached hydrogens (tertiary/aromatic N) is 1. The average molecular weight is 427 g/mol. The van der Waals surface area contributed by atoms with Gasteiger partial charge in [-0.2, -0.15) is 0 Å². The summed E-state index contributed by atoms with van der Waals surface area (Å²) in [6.45, 7) is 0.0115. The van der Waals surface area contributed by atoms with E-state index in [9.17, 15) is 19.1 Å². The Morgan fingerprint density at radius 2 is 2.04 bits per heavy atom. The number of carbonyl (C=O) groups excluding carboxylic acids is 2. The third-order valence-electron chi connectivity index (χ3n) is 4.48. The molecule has 1 unspecified atom stereocenters. The fraction of sp³-hybridized carbons (Fsp3) is 0.263. The van der Waals surface area contributed by atoms with Crippen LogP contribution >= 0.6 is 23.2 Å². The zero-order valence-electron chi connectivity index (χ0n) is 14.8. The molecule has 3 rings (SSSR count). The Kier molecular flexibility index (Phi) is 5.79. The number of ether oxygens (including phenoxy) is 1. The number of benzene rings is 2. The van der Waals surface area contributed by atoms with E-state index in [4.69, 9.17) is 27.9 Å². The van der Waals surface area contributed by atoms with Crippen LogP contribution in [0.4, 0.5) is 10.1 Å². The molecule has 2 aromatic carbocycles. The Morgan fingerprint density at radius 1 is 1.29 bits per heavy atom. The highest BCUT2D eigenvalue weighted by Gasteiger charge is 2.52. The molecule has 0 bridgehead atoms. The lowest BCUT2D eigenvalue weighted by atomic mass is 10.0. The first-order chi connectivity index (χ1) is 13.2. The number of anilines is 1. The second-order valence-corrected chi connectivity index (χ2v) is 7.22. The monoisotopic (exact) mass is 426 g/mol. The van der Waals surface area contributed by atoms with Crippen molar-refractivity contribution < 1.29 is 23.8 Å². The van der Waals surface area contributed by atoms with Crippen LogP contribution in [0.15, 0.2) is 36.4 Å². The van der Waals surface area contributed by atoms with E-state index in [0.29, 0.717) is 22.0 Å². The number of hydrogen-bond donors (Lipinski definition) is 2. The molecule has 2 N–H and O–H groups in total. The van der Waals surface area contributed by atoms with Crippen molar-refractivity contribution in [3.8, 4) is 5.75 Å². The molecule has 1 heterocycles. The van der Waals surface area contributed by atoms with Gasteiger partial charge in [0.2, 0.25) is 5.60 Å². The lowest BCUT2D eigenvalue weighted by molar-refractivity contribution is -0.149. The molecule has 1 aliphatic rings. The number of hydrogen-bond acceptors (Lipinski definition) is 4. The molecule has 28 heavy (non-hydrogen) atoms. The fourth-order valence-electron chi connectivity index (χ4n) is 3.06. The van der Waals surface area contributed by atoms with Gasteiger partial charge in [-0.15, -0.1) is 0 Å². The molecule has 9 heteroatoms. The number of halogens is 3. The van der Waals surface area contributed by atoms with Gasteiger partial charge < -0.3 is 20.1 Å². The molecule has 0 aromatic heterocycles. The van der Waals surface area contributed by atoms with Crippen molar-refractivity contribution >= 4 is 40.7 Å². The highest BCUT2D eigenvalue weighted by Crippen LogP contribution is 2.36. The topological polar surface area (TPSA) is 78.9 Å². The Hall–Kier alpha value is -2.35. The molecular formula is C19H17Cl2FN2O4. The van der Waals surface area contributed by atoms with Gasteiger partial charge in [0.25, 0.3) is 11.8 Å². The molecule has 0 spiro atoms. The number of amides is 2. The third-order valence-corrected chi connectivity index (χ3v) is 4.93. The second-order valence-electron chi connectivity index (χ2n) is 6.34. The van der Waals surface area contributed by atoms with Crippen LogP contribution in [-0.4, -0.2) is 36.2 Å². The van der Waals surface area contributed by atoms with Gasteiger partial charge in [0.15, 0.2) is 0 Å². The highest BCUT2D eigenvalue weighted by molar-refractivity contribution is 6.31. The first-order valence-electron chi connectivity index (χ1n) is 8.36. The molecular weight excluding hydrogens is 410 g/mol. The van der Waals surface area contributed by atoms with Gasteiger partial charge >= 0.3 is 0 Å². The third kappa shape index (κ3) is 3.92. The van der Waals surface area contributed by atoms with Gasteiger partial charge in [0.1, 0.15) is 11.6 Å². The van der Waals surface area contributed by atoms with E-state index in [1.807, 2.05) is 0 Å². The summed E-state index contributed by atoms with van der Waals surface area (Å²) in [4.78, 5) is 26.6. The van der Waals surface area contributed by atoms with Crippen LogP contribution in [0, 0.1) is 5.82 Å². The Morgan fingerprint density at radius 3 is 2.71 bits per heavy atom. The minimum atomic E-state index is -2.25. The number of carbonyl (C=O) groups is 2. The minimum Gasteiger partial charge on any atom is -0.495 e. The zero-order chi connectivity index (χ0) is 20.5. The smallest absolute Gasteiger partial charge is 0.268 e. The van der Waals surface area contributed by atoms with Crippen LogP contribution < -0.4 is 15.0 Å². The largest absolute Gasteiger partial charge is 0.495 e. The van der Waals surface area contributed by atoms with Crippen LogP contribution in [-0.2, 0) is 16.1 Å². The van der Waals surface area contributed by atoms with Crippen molar-refractivity contribution in [1.29, 1.82) is 0 Å². The lowest BCUT2D eigenvalue weighted by Crippen LogP contribution is -2.52. The number of nitrogens with one attached hydrogen (secondary N) is 1. The molecule has 2 aromatic rings. The Labute approximate surface area is 170 Å². The predicted molar refractivity (Wildman–Crippen MR) is 103 cm³/mol. The zero-order valence-corrected chi connectivity index (χ0v) is 16.4. The van der Waals surface area contributed by atoms with Crippen molar-refractivity contribution in [2.45, 2.75) is 18.6 Å². The van der Waals surface area contributed by atoms with E-state index in [2.05, 4.69) is 5.32 Å². The summed E-state index contributed by atoms with van der Waals surface area (Å²) in [5.41, 5.74) is -1.48. The van der Waals surface area contributed by atoms with Gasteiger partial charge in [-0.3, -0.25) is 9.59 Å². The maximum Gasteiger partial charge on any atom is 0.268 e. The molecule has 1 atom stereocenters. The van der Waals surface area contributed by atoms with Crippen LogP contribution in [0.5, 0.6) is 5.75 Å². The van der Waals surface area contributed by atoms with E-state index in [1.165, 1.54) is 30.2 Å². The molecule has 1 aliphatic heterocycles. The first kappa shape index (κ1) is 20.4. The molecule has 0 radical (unpaired) electrons. The predicted octanol–water partition coefficient (Wildman–Crippen LogP) is 2.93. The van der Waals surface area contributed by atoms with Crippen LogP contribution in [0.25, 0.3) is 0 Å². The van der Waals surface area contributed by atoms with E-state index in [0.717, 1.165) is 6.07 Å². The van der Waals surface area contributed by atoms with Crippen molar-refractivity contribution in [3.63, 3.8) is 0 Å². The van der Waals surface area contributed by atoms with Crippen LogP contribution in [0.2, 0.25) is 10.0 Å². The minimum absolute atomic E-state index is 0.0909. The average Bonchev–Trinajstić information content (AvgIpc) is 2.95. The standard InChI is InChI=1S/C19H17Cl2FN2O4/c1-28-16-3-2-12(20)9-15(16)24-5-4-19(27,18(24)26)17(25)23-10-11-6-13(21)8-14(22)7-11/h2-3,6-9,27H,4-5,10H2,1H3,(H,23,25). The summed E-state index contributed by atoms with van der Waals surface area (Å²) in [5, 5.41) is 13.7. The Balaban J connectivity index is 1.76. The summed E-state index contributed by atoms with van der Waals surface area (Å²) < 4.78 is 18.6. The molecule has 148 valence electrons. The maximum atomic E-state index is 13.4. The van der Waals surface area contributed by atoms with Gasteiger partial charge in [-0.1, -0.05) is 23.2 Å². The molecule has 2 amide bonds. The normalized spacial score (nSPS) is 19.0. The van der Waals surface area contributed by atoms with E-state index in [1.54, 1.807) is 12.1 Å². The SMILES string of the molecule is COc1ccc(Cl)cc1N1CCC(O)(C(=O)NCc2cc(F)cc(Cl)c2)C1=O. The molecule has 1 fully saturated rings. The van der Waals surface area contributed by atoms with Crippen LogP contribution in [0.1, 0.15) is 12.0 Å². The van der Waals surface area contributed by atoms with Gasteiger partial charge in [-0.25, -0.2) is 4.39 Å². The Bertz CT molecular complexity index is 920. The highest BCUT2D eigenvalue weighted by atomic mass is 35.5. The fourth-order valence-corrected chi connectivity index (χ4v) is 3.47. The quantitative estimate of drug-likeness (QED) is 0.720. The maximum absolute atomic E-state index is 13.4. The number of aliphatic hydroxyl groups is 1. The number of rotatable bonds is 5. The van der Waals surface area contributed by atoms with E-state index >= 15 is 0 Å². The number of methoxy groups -OCH3 is 1. The summed E-state index contributed by atoms with van der Waals surface area (Å²) >= 11 is 11.8. The molecule has 1 saturated heterocycles. The van der Waals surface area contributed by atoms with Crippen LogP contribution in [0.3, 0.4) is 0 Å². The van der Waals surface area contributed by atoms with Gasteiger partial charge in [0, 0.05) is 29.6 Å². The van der Waals surface area contributed by atoms with Crippen molar-refractivity contribution in [1.82, 2.24) is 5.32 Å². The summed E-state index contributed by atoms with van der Waals surface area (Å²) in [6, 6.07) is 8.54. The summed E-state index contributed by atoms with van der Waals surface area (Å²) in [6.07, 6.45) is -0.114. The first-order valence-corrected chi connectivity index (χ1v) is 9.11. The summed E-state index contributed by atoms with van der Waals surface area (Å²) in [5.74, 6) is -1.83. The van der Waals surface area contributed by atoms with Crippen molar-refractivity contribution in [2.24, 2.45) is 0 Å². The van der Waals surface area contributed by atoms with Gasteiger partial charge in [0.05, 0.1) is 12.8 Å².